The summed E-state index contributed by atoms with van der Waals surface area (Å²) in [4.78, 5) is 28.5. The minimum absolute atomic E-state index is 0.209. The first kappa shape index (κ1) is 17.9. The van der Waals surface area contributed by atoms with Crippen LogP contribution in [0.25, 0.3) is 0 Å². The highest BCUT2D eigenvalue weighted by Crippen LogP contribution is 2.26. The smallest absolute Gasteiger partial charge is 0.337 e. The van der Waals surface area contributed by atoms with Gasteiger partial charge in [-0.3, -0.25) is 4.79 Å². The molecule has 0 unspecified atom stereocenters. The van der Waals surface area contributed by atoms with Gasteiger partial charge in [-0.25, -0.2) is 4.79 Å². The van der Waals surface area contributed by atoms with Crippen LogP contribution in [-0.4, -0.2) is 54.6 Å². The fourth-order valence-electron chi connectivity index (χ4n) is 3.16. The highest BCUT2D eigenvalue weighted by molar-refractivity contribution is 6.05. The number of rotatable bonds is 5. The van der Waals surface area contributed by atoms with Crippen molar-refractivity contribution in [3.63, 3.8) is 0 Å². The zero-order valence-corrected chi connectivity index (χ0v) is 14.8. The Kier molecular flexibility index (Phi) is 5.53. The van der Waals surface area contributed by atoms with Gasteiger partial charge in [-0.2, -0.15) is 0 Å². The van der Waals surface area contributed by atoms with Gasteiger partial charge in [-0.05, 0) is 36.9 Å². The molecule has 6 heteroatoms. The number of carbonyl (C=O) groups is 2. The summed E-state index contributed by atoms with van der Waals surface area (Å²) in [7, 11) is 0. The van der Waals surface area contributed by atoms with Gasteiger partial charge in [0, 0.05) is 37.4 Å². The molecule has 1 aliphatic heterocycles. The summed E-state index contributed by atoms with van der Waals surface area (Å²) in [6.45, 7) is 6.56. The summed E-state index contributed by atoms with van der Waals surface area (Å²) in [6, 6.07) is 13.9. The lowest BCUT2D eigenvalue weighted by atomic mass is 10.1. The second-order valence-electron chi connectivity index (χ2n) is 6.28. The van der Waals surface area contributed by atoms with Crippen LogP contribution in [-0.2, 0) is 0 Å². The molecule has 2 N–H and O–H groups in total. The average molecular weight is 353 g/mol. The fraction of sp³-hybridized carbons (Fsp3) is 0.300. The van der Waals surface area contributed by atoms with Crippen LogP contribution in [0.1, 0.15) is 27.6 Å². The van der Waals surface area contributed by atoms with E-state index < -0.39 is 5.97 Å². The molecule has 0 saturated carbocycles. The minimum Gasteiger partial charge on any atom is -0.478 e. The van der Waals surface area contributed by atoms with Crippen molar-refractivity contribution < 1.29 is 14.7 Å². The Morgan fingerprint density at radius 1 is 1.04 bits per heavy atom. The van der Waals surface area contributed by atoms with Gasteiger partial charge in [0.15, 0.2) is 0 Å². The van der Waals surface area contributed by atoms with Crippen molar-refractivity contribution in [2.75, 3.05) is 42.9 Å². The predicted octanol–water partition coefficient (Wildman–Crippen LogP) is 2.78. The first-order valence-electron chi connectivity index (χ1n) is 8.79. The average Bonchev–Trinajstić information content (AvgIpc) is 2.68. The molecule has 0 atom stereocenters. The Bertz CT molecular complexity index is 784. The summed E-state index contributed by atoms with van der Waals surface area (Å²) in [5, 5.41) is 12.4. The van der Waals surface area contributed by atoms with E-state index in [1.165, 1.54) is 6.07 Å². The molecule has 1 fully saturated rings. The topological polar surface area (TPSA) is 72.9 Å². The fourth-order valence-corrected chi connectivity index (χ4v) is 3.16. The SMILES string of the molecule is CCN1CCN(c2ccc(NC(=O)c3ccccc3)cc2C(=O)O)CC1. The molecule has 1 saturated heterocycles. The van der Waals surface area contributed by atoms with Crippen molar-refractivity contribution in [3.05, 3.63) is 59.7 Å². The molecule has 0 spiro atoms. The van der Waals surface area contributed by atoms with E-state index >= 15 is 0 Å². The number of likely N-dealkylation sites (N-methyl/N-ethyl adjacent to an activating group) is 1. The number of anilines is 2. The van der Waals surface area contributed by atoms with E-state index in [0.717, 1.165) is 32.7 Å². The number of nitrogens with one attached hydrogen (secondary N) is 1. The summed E-state index contributed by atoms with van der Waals surface area (Å²) >= 11 is 0. The number of benzene rings is 2. The van der Waals surface area contributed by atoms with Crippen molar-refractivity contribution >= 4 is 23.3 Å². The van der Waals surface area contributed by atoms with Crippen LogP contribution in [0.15, 0.2) is 48.5 Å². The van der Waals surface area contributed by atoms with Crippen LogP contribution in [0.2, 0.25) is 0 Å². The van der Waals surface area contributed by atoms with Gasteiger partial charge in [0.2, 0.25) is 0 Å². The first-order valence-corrected chi connectivity index (χ1v) is 8.79. The molecule has 0 aromatic heterocycles. The first-order chi connectivity index (χ1) is 12.6. The van der Waals surface area contributed by atoms with Gasteiger partial charge in [-0.15, -0.1) is 0 Å². The van der Waals surface area contributed by atoms with Gasteiger partial charge in [0.05, 0.1) is 11.3 Å². The Labute approximate surface area is 153 Å². The van der Waals surface area contributed by atoms with Gasteiger partial charge >= 0.3 is 5.97 Å². The van der Waals surface area contributed by atoms with E-state index in [1.54, 1.807) is 36.4 Å². The van der Waals surface area contributed by atoms with Gasteiger partial charge in [0.1, 0.15) is 0 Å². The maximum absolute atomic E-state index is 12.3. The quantitative estimate of drug-likeness (QED) is 0.865. The van der Waals surface area contributed by atoms with Crippen molar-refractivity contribution in [2.45, 2.75) is 6.92 Å². The number of piperazine rings is 1. The second kappa shape index (κ2) is 8.01. The number of carboxylic acid groups (broad SMARTS) is 1. The molecule has 0 radical (unpaired) electrons. The van der Waals surface area contributed by atoms with Gasteiger partial charge in [0.25, 0.3) is 5.91 Å². The Morgan fingerprint density at radius 3 is 2.35 bits per heavy atom. The Hall–Kier alpha value is -2.86. The molecule has 2 aromatic rings. The molecule has 3 rings (SSSR count). The maximum Gasteiger partial charge on any atom is 0.337 e. The van der Waals surface area contributed by atoms with Crippen LogP contribution in [0, 0.1) is 0 Å². The van der Waals surface area contributed by atoms with E-state index in [9.17, 15) is 14.7 Å². The molecule has 1 aliphatic rings. The lowest BCUT2D eigenvalue weighted by Gasteiger charge is -2.36. The summed E-state index contributed by atoms with van der Waals surface area (Å²) in [6.07, 6.45) is 0. The molecule has 26 heavy (non-hydrogen) atoms. The Balaban J connectivity index is 1.79. The zero-order chi connectivity index (χ0) is 18.5. The highest BCUT2D eigenvalue weighted by atomic mass is 16.4. The summed E-state index contributed by atoms with van der Waals surface area (Å²) in [5.41, 5.74) is 1.92. The number of carboxylic acids is 1. The number of hydrogen-bond donors (Lipinski definition) is 2. The van der Waals surface area contributed by atoms with Crippen LogP contribution < -0.4 is 10.2 Å². The zero-order valence-electron chi connectivity index (χ0n) is 14.8. The maximum atomic E-state index is 12.3. The van der Waals surface area contributed by atoms with Gasteiger partial charge in [-0.1, -0.05) is 25.1 Å². The minimum atomic E-state index is -0.992. The summed E-state index contributed by atoms with van der Waals surface area (Å²) < 4.78 is 0. The van der Waals surface area contributed by atoms with E-state index in [-0.39, 0.29) is 11.5 Å². The number of carbonyl (C=O) groups excluding carboxylic acids is 1. The third-order valence-electron chi connectivity index (χ3n) is 4.68. The van der Waals surface area contributed by atoms with Crippen LogP contribution in [0.4, 0.5) is 11.4 Å². The number of hydrogen-bond acceptors (Lipinski definition) is 4. The van der Waals surface area contributed by atoms with Crippen molar-refractivity contribution in [1.29, 1.82) is 0 Å². The van der Waals surface area contributed by atoms with Crippen molar-refractivity contribution in [2.24, 2.45) is 0 Å². The Morgan fingerprint density at radius 2 is 1.73 bits per heavy atom. The molecule has 1 amide bonds. The molecule has 136 valence electrons. The lowest BCUT2D eigenvalue weighted by Crippen LogP contribution is -2.46. The largest absolute Gasteiger partial charge is 0.478 e. The van der Waals surface area contributed by atoms with Crippen molar-refractivity contribution in [3.8, 4) is 0 Å². The molecular formula is C20H23N3O3. The second-order valence-corrected chi connectivity index (χ2v) is 6.28. The van der Waals surface area contributed by atoms with Crippen LogP contribution in [0.5, 0.6) is 0 Å². The normalized spacial score (nSPS) is 14.9. The third-order valence-corrected chi connectivity index (χ3v) is 4.68. The summed E-state index contributed by atoms with van der Waals surface area (Å²) in [5.74, 6) is -1.25. The number of nitrogens with zero attached hydrogens (tertiary/aromatic N) is 2. The standard InChI is InChI=1S/C20H23N3O3/c1-2-22-10-12-23(13-11-22)18-9-8-16(14-17(18)20(25)26)21-19(24)15-6-4-3-5-7-15/h3-9,14H,2,10-13H2,1H3,(H,21,24)(H,25,26). The van der Waals surface area contributed by atoms with Crippen molar-refractivity contribution in [1.82, 2.24) is 4.90 Å². The molecule has 2 aromatic carbocycles. The van der Waals surface area contributed by atoms with E-state index in [4.69, 9.17) is 0 Å². The molecule has 6 nitrogen and oxygen atoms in total. The van der Waals surface area contributed by atoms with Crippen LogP contribution in [0.3, 0.4) is 0 Å². The highest BCUT2D eigenvalue weighted by Gasteiger charge is 2.21. The molecular weight excluding hydrogens is 330 g/mol. The number of amides is 1. The monoisotopic (exact) mass is 353 g/mol. The van der Waals surface area contributed by atoms with Gasteiger partial charge < -0.3 is 20.2 Å². The van der Waals surface area contributed by atoms with E-state index in [2.05, 4.69) is 22.0 Å². The molecule has 1 heterocycles. The van der Waals surface area contributed by atoms with E-state index in [1.807, 2.05) is 6.07 Å². The van der Waals surface area contributed by atoms with E-state index in [0.29, 0.717) is 16.9 Å². The third kappa shape index (κ3) is 4.03. The molecule has 0 aliphatic carbocycles. The lowest BCUT2D eigenvalue weighted by molar-refractivity contribution is 0.0697. The molecule has 0 bridgehead atoms. The van der Waals surface area contributed by atoms with Crippen LogP contribution >= 0.6 is 0 Å². The predicted molar refractivity (Wildman–Crippen MR) is 102 cm³/mol. The number of aromatic carboxylic acids is 1.